The first kappa shape index (κ1) is 19.0. The number of primary amides is 1. The Morgan fingerprint density at radius 2 is 1.60 bits per heavy atom. The van der Waals surface area contributed by atoms with E-state index in [9.17, 15) is 18.0 Å². The lowest BCUT2D eigenvalue weighted by Gasteiger charge is -2.20. The predicted molar refractivity (Wildman–Crippen MR) is 92.2 cm³/mol. The van der Waals surface area contributed by atoms with Crippen molar-refractivity contribution in [3.63, 3.8) is 0 Å². The monoisotopic (exact) mass is 349 g/mol. The van der Waals surface area contributed by atoms with Crippen LogP contribution in [-0.4, -0.2) is 5.91 Å². The molecule has 2 nitrogen and oxygen atoms in total. The molecule has 1 amide bonds. The topological polar surface area (TPSA) is 43.1 Å². The van der Waals surface area contributed by atoms with Gasteiger partial charge in [-0.1, -0.05) is 63.2 Å². The Morgan fingerprint density at radius 3 is 2.08 bits per heavy atom. The molecule has 2 rings (SSSR count). The molecule has 0 bridgehead atoms. The second kappa shape index (κ2) is 6.90. The molecule has 0 heterocycles. The fourth-order valence-electron chi connectivity index (χ4n) is 2.69. The van der Waals surface area contributed by atoms with E-state index in [2.05, 4.69) is 20.8 Å². The third-order valence-electron chi connectivity index (χ3n) is 4.22. The van der Waals surface area contributed by atoms with Crippen LogP contribution in [0.1, 0.15) is 48.9 Å². The van der Waals surface area contributed by atoms with E-state index in [4.69, 9.17) is 5.73 Å². The molecular weight excluding hydrogens is 327 g/mol. The summed E-state index contributed by atoms with van der Waals surface area (Å²) in [4.78, 5) is 11.8. The molecular formula is C20H22F3NO. The summed E-state index contributed by atoms with van der Waals surface area (Å²) < 4.78 is 38.7. The van der Waals surface area contributed by atoms with Crippen LogP contribution in [0, 0.1) is 0 Å². The number of nitrogens with two attached hydrogens (primary N) is 1. The second-order valence-corrected chi connectivity index (χ2v) is 7.23. The Balaban J connectivity index is 2.29. The molecule has 0 fully saturated rings. The van der Waals surface area contributed by atoms with E-state index in [-0.39, 0.29) is 17.4 Å². The van der Waals surface area contributed by atoms with Gasteiger partial charge in [0.15, 0.2) is 0 Å². The third-order valence-corrected chi connectivity index (χ3v) is 4.22. The van der Waals surface area contributed by atoms with Crippen molar-refractivity contribution in [2.24, 2.45) is 5.73 Å². The van der Waals surface area contributed by atoms with Gasteiger partial charge in [-0.25, -0.2) is 0 Å². The molecule has 0 aromatic heterocycles. The van der Waals surface area contributed by atoms with E-state index in [0.29, 0.717) is 0 Å². The molecule has 2 N–H and O–H groups in total. The number of rotatable bonds is 4. The standard InChI is InChI=1S/C20H22F3NO/c1-19(2,3)15-9-7-13(8-10-15)11-17(18(24)25)14-5-4-6-16(12-14)20(21,22)23/h4-10,12,17H,11H2,1-3H3,(H2,24,25). The average Bonchev–Trinajstić information content (AvgIpc) is 2.51. The Labute approximate surface area is 145 Å². The minimum absolute atomic E-state index is 0.00264. The number of amides is 1. The molecule has 5 heteroatoms. The number of halogens is 3. The average molecular weight is 349 g/mol. The van der Waals surface area contributed by atoms with Crippen molar-refractivity contribution in [2.45, 2.75) is 44.7 Å². The van der Waals surface area contributed by atoms with Crippen molar-refractivity contribution in [2.75, 3.05) is 0 Å². The van der Waals surface area contributed by atoms with Crippen LogP contribution in [-0.2, 0) is 22.8 Å². The highest BCUT2D eigenvalue weighted by Crippen LogP contribution is 2.32. The van der Waals surface area contributed by atoms with Gasteiger partial charge in [0.05, 0.1) is 11.5 Å². The SMILES string of the molecule is CC(C)(C)c1ccc(CC(C(N)=O)c2cccc(C(F)(F)F)c2)cc1. The van der Waals surface area contributed by atoms with E-state index in [1.54, 1.807) is 0 Å². The maximum absolute atomic E-state index is 12.9. The molecule has 2 aromatic carbocycles. The summed E-state index contributed by atoms with van der Waals surface area (Å²) in [6.45, 7) is 6.28. The summed E-state index contributed by atoms with van der Waals surface area (Å²) >= 11 is 0. The lowest BCUT2D eigenvalue weighted by atomic mass is 9.85. The Bertz CT molecular complexity index is 743. The largest absolute Gasteiger partial charge is 0.416 e. The van der Waals surface area contributed by atoms with Crippen LogP contribution in [0.25, 0.3) is 0 Å². The number of hydrogen-bond acceptors (Lipinski definition) is 1. The number of benzene rings is 2. The second-order valence-electron chi connectivity index (χ2n) is 7.23. The van der Waals surface area contributed by atoms with E-state index in [1.165, 1.54) is 12.1 Å². The van der Waals surface area contributed by atoms with Crippen molar-refractivity contribution in [3.8, 4) is 0 Å². The number of alkyl halides is 3. The van der Waals surface area contributed by atoms with Crippen LogP contribution in [0.4, 0.5) is 13.2 Å². The summed E-state index contributed by atoms with van der Waals surface area (Å²) in [6, 6.07) is 12.5. The molecule has 134 valence electrons. The summed E-state index contributed by atoms with van der Waals surface area (Å²) in [5.74, 6) is -1.44. The van der Waals surface area contributed by atoms with Gasteiger partial charge in [-0.05, 0) is 34.6 Å². The summed E-state index contributed by atoms with van der Waals surface area (Å²) in [5.41, 5.74) is 6.96. The summed E-state index contributed by atoms with van der Waals surface area (Å²) in [7, 11) is 0. The fourth-order valence-corrected chi connectivity index (χ4v) is 2.69. The van der Waals surface area contributed by atoms with Crippen molar-refractivity contribution >= 4 is 5.91 Å². The molecule has 1 unspecified atom stereocenters. The van der Waals surface area contributed by atoms with Crippen molar-refractivity contribution < 1.29 is 18.0 Å². The van der Waals surface area contributed by atoms with Crippen LogP contribution >= 0.6 is 0 Å². The highest BCUT2D eigenvalue weighted by Gasteiger charge is 2.31. The Hall–Kier alpha value is -2.30. The maximum atomic E-state index is 12.9. The van der Waals surface area contributed by atoms with E-state index in [1.807, 2.05) is 24.3 Å². The highest BCUT2D eigenvalue weighted by atomic mass is 19.4. The van der Waals surface area contributed by atoms with Gasteiger partial charge in [-0.2, -0.15) is 13.2 Å². The van der Waals surface area contributed by atoms with Gasteiger partial charge in [-0.15, -0.1) is 0 Å². The first-order valence-corrected chi connectivity index (χ1v) is 8.04. The number of hydrogen-bond donors (Lipinski definition) is 1. The minimum Gasteiger partial charge on any atom is -0.369 e. The molecule has 2 aromatic rings. The molecule has 0 radical (unpaired) electrons. The van der Waals surface area contributed by atoms with E-state index >= 15 is 0 Å². The molecule has 0 saturated carbocycles. The third kappa shape index (κ3) is 4.84. The minimum atomic E-state index is -4.45. The predicted octanol–water partition coefficient (Wildman–Crippen LogP) is 4.81. The van der Waals surface area contributed by atoms with Crippen molar-refractivity contribution in [1.82, 2.24) is 0 Å². The molecule has 0 aliphatic rings. The zero-order chi connectivity index (χ0) is 18.8. The molecule has 0 saturated heterocycles. The number of carbonyl (C=O) groups excluding carboxylic acids is 1. The van der Waals surface area contributed by atoms with Crippen LogP contribution < -0.4 is 5.73 Å². The molecule has 0 spiro atoms. The van der Waals surface area contributed by atoms with Gasteiger partial charge in [-0.3, -0.25) is 4.79 Å². The van der Waals surface area contributed by atoms with Crippen LogP contribution in [0.5, 0.6) is 0 Å². The van der Waals surface area contributed by atoms with Gasteiger partial charge >= 0.3 is 6.18 Å². The van der Waals surface area contributed by atoms with Gasteiger partial charge in [0.25, 0.3) is 0 Å². The zero-order valence-corrected chi connectivity index (χ0v) is 14.5. The van der Waals surface area contributed by atoms with Crippen LogP contribution in [0.15, 0.2) is 48.5 Å². The Kier molecular flexibility index (Phi) is 5.26. The zero-order valence-electron chi connectivity index (χ0n) is 14.5. The smallest absolute Gasteiger partial charge is 0.369 e. The van der Waals surface area contributed by atoms with E-state index < -0.39 is 23.6 Å². The summed E-state index contributed by atoms with van der Waals surface area (Å²) in [6.07, 6.45) is -4.19. The molecule has 1 atom stereocenters. The first-order chi connectivity index (χ1) is 11.5. The van der Waals surface area contributed by atoms with Crippen molar-refractivity contribution in [3.05, 3.63) is 70.8 Å². The Morgan fingerprint density at radius 1 is 1.00 bits per heavy atom. The fraction of sp³-hybridized carbons (Fsp3) is 0.350. The molecule has 0 aliphatic carbocycles. The van der Waals surface area contributed by atoms with Gasteiger partial charge in [0, 0.05) is 0 Å². The maximum Gasteiger partial charge on any atom is 0.416 e. The lowest BCUT2D eigenvalue weighted by molar-refractivity contribution is -0.137. The quantitative estimate of drug-likeness (QED) is 0.845. The molecule has 0 aliphatic heterocycles. The number of carbonyl (C=O) groups is 1. The van der Waals surface area contributed by atoms with Gasteiger partial charge < -0.3 is 5.73 Å². The highest BCUT2D eigenvalue weighted by molar-refractivity contribution is 5.82. The van der Waals surface area contributed by atoms with Gasteiger partial charge in [0.1, 0.15) is 0 Å². The van der Waals surface area contributed by atoms with Gasteiger partial charge in [0.2, 0.25) is 5.91 Å². The normalized spacial score (nSPS) is 13.5. The van der Waals surface area contributed by atoms with E-state index in [0.717, 1.165) is 23.3 Å². The summed E-state index contributed by atoms with van der Waals surface area (Å²) in [5, 5.41) is 0. The van der Waals surface area contributed by atoms with Crippen LogP contribution in [0.3, 0.4) is 0 Å². The van der Waals surface area contributed by atoms with Crippen LogP contribution in [0.2, 0.25) is 0 Å². The lowest BCUT2D eigenvalue weighted by Crippen LogP contribution is -2.24. The van der Waals surface area contributed by atoms with Crippen molar-refractivity contribution in [1.29, 1.82) is 0 Å². The first-order valence-electron chi connectivity index (χ1n) is 8.04. The molecule has 25 heavy (non-hydrogen) atoms.